The first-order valence-corrected chi connectivity index (χ1v) is 10.9. The third kappa shape index (κ3) is 4.29. The van der Waals surface area contributed by atoms with Crippen LogP contribution in [0.2, 0.25) is 0 Å². The Kier molecular flexibility index (Phi) is 5.72. The molecular weight excluding hydrogens is 354 g/mol. The van der Waals surface area contributed by atoms with E-state index < -0.39 is 10.0 Å². The number of urea groups is 1. The van der Waals surface area contributed by atoms with Gasteiger partial charge in [0.05, 0.1) is 19.4 Å². The topological polar surface area (TPSA) is 79.0 Å². The highest BCUT2D eigenvalue weighted by atomic mass is 32.2. The zero-order chi connectivity index (χ0) is 18.7. The summed E-state index contributed by atoms with van der Waals surface area (Å²) < 4.78 is 30.2. The minimum Gasteiger partial charge on any atom is -0.497 e. The van der Waals surface area contributed by atoms with E-state index in [9.17, 15) is 13.2 Å². The summed E-state index contributed by atoms with van der Waals surface area (Å²) in [5, 5.41) is 3.04. The molecule has 1 aromatic rings. The lowest BCUT2D eigenvalue weighted by molar-refractivity contribution is 0.181. The number of sulfonamides is 1. The Morgan fingerprint density at radius 1 is 1.15 bits per heavy atom. The summed E-state index contributed by atoms with van der Waals surface area (Å²) in [6.07, 6.45) is 4.68. The molecular formula is C18H27N3O4S. The number of rotatable bonds is 4. The molecule has 2 fully saturated rings. The highest BCUT2D eigenvalue weighted by molar-refractivity contribution is 7.88. The van der Waals surface area contributed by atoms with E-state index in [1.807, 2.05) is 29.2 Å². The SMILES string of the molecule is COc1ccc(C2CCCN2C(=O)NC2CCCN(S(C)(=O)=O)C2)cc1. The Morgan fingerprint density at radius 2 is 1.85 bits per heavy atom. The van der Waals surface area contributed by atoms with Crippen molar-refractivity contribution in [1.82, 2.24) is 14.5 Å². The second-order valence-electron chi connectivity index (χ2n) is 7.03. The molecule has 2 heterocycles. The van der Waals surface area contributed by atoms with Gasteiger partial charge in [0.2, 0.25) is 10.0 Å². The molecule has 2 aliphatic rings. The van der Waals surface area contributed by atoms with Crippen LogP contribution in [0.1, 0.15) is 37.3 Å². The maximum atomic E-state index is 12.8. The fourth-order valence-electron chi connectivity index (χ4n) is 3.80. The fourth-order valence-corrected chi connectivity index (χ4v) is 4.71. The molecule has 1 N–H and O–H groups in total. The van der Waals surface area contributed by atoms with Gasteiger partial charge < -0.3 is 15.0 Å². The Bertz CT molecular complexity index is 735. The van der Waals surface area contributed by atoms with E-state index in [0.29, 0.717) is 19.6 Å². The summed E-state index contributed by atoms with van der Waals surface area (Å²) in [4.78, 5) is 14.7. The van der Waals surface area contributed by atoms with Gasteiger partial charge in [0, 0.05) is 25.7 Å². The van der Waals surface area contributed by atoms with Crippen LogP contribution in [-0.4, -0.2) is 62.7 Å². The normalized spacial score (nSPS) is 24.5. The van der Waals surface area contributed by atoms with Crippen LogP contribution < -0.4 is 10.1 Å². The molecule has 26 heavy (non-hydrogen) atoms. The number of benzene rings is 1. The van der Waals surface area contributed by atoms with Crippen LogP contribution in [0.25, 0.3) is 0 Å². The van der Waals surface area contributed by atoms with Crippen molar-refractivity contribution >= 4 is 16.1 Å². The van der Waals surface area contributed by atoms with Crippen LogP contribution in [0.15, 0.2) is 24.3 Å². The number of nitrogens with zero attached hydrogens (tertiary/aromatic N) is 2. The molecule has 2 saturated heterocycles. The fraction of sp³-hybridized carbons (Fsp3) is 0.611. The number of carbonyl (C=O) groups is 1. The van der Waals surface area contributed by atoms with E-state index in [1.165, 1.54) is 10.6 Å². The number of hydrogen-bond donors (Lipinski definition) is 1. The van der Waals surface area contributed by atoms with E-state index in [0.717, 1.165) is 37.0 Å². The van der Waals surface area contributed by atoms with Gasteiger partial charge >= 0.3 is 6.03 Å². The summed E-state index contributed by atoms with van der Waals surface area (Å²) in [6.45, 7) is 1.60. The van der Waals surface area contributed by atoms with E-state index >= 15 is 0 Å². The molecule has 0 aliphatic carbocycles. The molecule has 2 amide bonds. The number of nitrogens with one attached hydrogen (secondary N) is 1. The summed E-state index contributed by atoms with van der Waals surface area (Å²) in [7, 11) is -1.58. The van der Waals surface area contributed by atoms with Crippen LogP contribution >= 0.6 is 0 Å². The summed E-state index contributed by atoms with van der Waals surface area (Å²) in [5.41, 5.74) is 1.10. The number of piperidine rings is 1. The van der Waals surface area contributed by atoms with Gasteiger partial charge in [0.1, 0.15) is 5.75 Å². The summed E-state index contributed by atoms with van der Waals surface area (Å²) in [6, 6.07) is 7.63. The van der Waals surface area contributed by atoms with Crippen molar-refractivity contribution in [3.63, 3.8) is 0 Å². The molecule has 0 saturated carbocycles. The van der Waals surface area contributed by atoms with Crippen molar-refractivity contribution in [2.45, 2.75) is 37.8 Å². The molecule has 2 atom stereocenters. The van der Waals surface area contributed by atoms with Gasteiger partial charge in [-0.15, -0.1) is 0 Å². The number of likely N-dealkylation sites (tertiary alicyclic amines) is 1. The van der Waals surface area contributed by atoms with Gasteiger partial charge in [-0.1, -0.05) is 12.1 Å². The van der Waals surface area contributed by atoms with Crippen LogP contribution in [0.5, 0.6) is 5.75 Å². The minimum atomic E-state index is -3.22. The average Bonchev–Trinajstić information content (AvgIpc) is 3.11. The quantitative estimate of drug-likeness (QED) is 0.865. The lowest BCUT2D eigenvalue weighted by Gasteiger charge is -2.33. The number of ether oxygens (including phenoxy) is 1. The van der Waals surface area contributed by atoms with Crippen molar-refractivity contribution in [2.75, 3.05) is 33.0 Å². The number of hydrogen-bond acceptors (Lipinski definition) is 4. The standard InChI is InChI=1S/C18H27N3O4S/c1-25-16-9-7-14(8-10-16)17-6-4-12-21(17)18(22)19-15-5-3-11-20(13-15)26(2,23)24/h7-10,15,17H,3-6,11-13H2,1-2H3,(H,19,22). The lowest BCUT2D eigenvalue weighted by Crippen LogP contribution is -2.52. The Labute approximate surface area is 155 Å². The number of methoxy groups -OCH3 is 1. The van der Waals surface area contributed by atoms with Crippen LogP contribution in [0.3, 0.4) is 0 Å². The van der Waals surface area contributed by atoms with Crippen molar-refractivity contribution in [3.8, 4) is 5.75 Å². The molecule has 3 rings (SSSR count). The minimum absolute atomic E-state index is 0.0514. The van der Waals surface area contributed by atoms with E-state index in [4.69, 9.17) is 4.74 Å². The monoisotopic (exact) mass is 381 g/mol. The zero-order valence-electron chi connectivity index (χ0n) is 15.3. The van der Waals surface area contributed by atoms with Gasteiger partial charge in [0.25, 0.3) is 0 Å². The van der Waals surface area contributed by atoms with Crippen molar-refractivity contribution < 1.29 is 17.9 Å². The second kappa shape index (κ2) is 7.84. The molecule has 0 bridgehead atoms. The molecule has 2 aliphatic heterocycles. The first kappa shape index (κ1) is 19.0. The van der Waals surface area contributed by atoms with Crippen LogP contribution in [0.4, 0.5) is 4.79 Å². The van der Waals surface area contributed by atoms with Crippen molar-refractivity contribution in [2.24, 2.45) is 0 Å². The molecule has 144 valence electrons. The largest absolute Gasteiger partial charge is 0.497 e. The lowest BCUT2D eigenvalue weighted by atomic mass is 10.0. The third-order valence-corrected chi connectivity index (χ3v) is 6.46. The predicted molar refractivity (Wildman–Crippen MR) is 99.6 cm³/mol. The van der Waals surface area contributed by atoms with Gasteiger partial charge in [0.15, 0.2) is 0 Å². The van der Waals surface area contributed by atoms with Crippen molar-refractivity contribution in [1.29, 1.82) is 0 Å². The Balaban J connectivity index is 1.64. The molecule has 7 nitrogen and oxygen atoms in total. The molecule has 8 heteroatoms. The zero-order valence-corrected chi connectivity index (χ0v) is 16.2. The second-order valence-corrected chi connectivity index (χ2v) is 9.02. The molecule has 0 spiro atoms. The maximum Gasteiger partial charge on any atom is 0.318 e. The van der Waals surface area contributed by atoms with Crippen LogP contribution in [0, 0.1) is 0 Å². The first-order valence-electron chi connectivity index (χ1n) is 9.04. The van der Waals surface area contributed by atoms with Gasteiger partial charge in [-0.3, -0.25) is 0 Å². The van der Waals surface area contributed by atoms with Gasteiger partial charge in [-0.25, -0.2) is 17.5 Å². The van der Waals surface area contributed by atoms with Crippen molar-refractivity contribution in [3.05, 3.63) is 29.8 Å². The highest BCUT2D eigenvalue weighted by Crippen LogP contribution is 2.32. The molecule has 1 aromatic carbocycles. The van der Waals surface area contributed by atoms with E-state index in [1.54, 1.807) is 7.11 Å². The smallest absolute Gasteiger partial charge is 0.318 e. The average molecular weight is 381 g/mol. The highest BCUT2D eigenvalue weighted by Gasteiger charge is 2.33. The predicted octanol–water partition coefficient (Wildman–Crippen LogP) is 1.97. The number of amides is 2. The Hall–Kier alpha value is -1.80. The molecule has 2 unspecified atom stereocenters. The summed E-state index contributed by atoms with van der Waals surface area (Å²) in [5.74, 6) is 0.797. The van der Waals surface area contributed by atoms with Gasteiger partial charge in [-0.05, 0) is 43.4 Å². The Morgan fingerprint density at radius 3 is 2.50 bits per heavy atom. The summed E-state index contributed by atoms with van der Waals surface area (Å²) >= 11 is 0. The van der Waals surface area contributed by atoms with E-state index in [2.05, 4.69) is 5.32 Å². The molecule has 0 aromatic heterocycles. The van der Waals surface area contributed by atoms with E-state index in [-0.39, 0.29) is 18.1 Å². The third-order valence-electron chi connectivity index (χ3n) is 5.19. The van der Waals surface area contributed by atoms with Gasteiger partial charge in [-0.2, -0.15) is 0 Å². The first-order chi connectivity index (χ1) is 12.4. The molecule has 0 radical (unpaired) electrons. The van der Waals surface area contributed by atoms with Crippen LogP contribution in [-0.2, 0) is 10.0 Å². The maximum absolute atomic E-state index is 12.8. The number of carbonyl (C=O) groups excluding carboxylic acids is 1.